The Hall–Kier alpha value is -2.14. The summed E-state index contributed by atoms with van der Waals surface area (Å²) in [6, 6.07) is 16.3. The first-order chi connectivity index (χ1) is 10.3. The fraction of sp³-hybridized carbons (Fsp3) is 0.235. The van der Waals surface area contributed by atoms with E-state index in [1.54, 1.807) is 24.3 Å². The number of Topliss-reactive ketones (excluding diaryl/α,β-unsaturated/α-hetero) is 1. The van der Waals surface area contributed by atoms with Gasteiger partial charge in [0.25, 0.3) is 0 Å². The van der Waals surface area contributed by atoms with Crippen LogP contribution in [0.25, 0.3) is 0 Å². The highest BCUT2D eigenvalue weighted by molar-refractivity contribution is 7.90. The fourth-order valence-corrected chi connectivity index (χ4v) is 3.20. The standard InChI is InChI=1S/C17H18O4S/c1-13(18)17(12-22(2,19)20)14-7-6-10-16(11-14)21-15-8-4-3-5-9-15/h3-11,17H,12H2,1-2H3. The molecule has 0 aromatic heterocycles. The quantitative estimate of drug-likeness (QED) is 0.820. The van der Waals surface area contributed by atoms with Crippen LogP contribution in [0.1, 0.15) is 18.4 Å². The molecule has 4 nitrogen and oxygen atoms in total. The van der Waals surface area contributed by atoms with E-state index in [1.165, 1.54) is 6.92 Å². The van der Waals surface area contributed by atoms with Gasteiger partial charge in [0.1, 0.15) is 27.1 Å². The Kier molecular flexibility index (Phi) is 4.98. The summed E-state index contributed by atoms with van der Waals surface area (Å²) in [5, 5.41) is 0. The molecule has 0 saturated carbocycles. The Labute approximate surface area is 130 Å². The van der Waals surface area contributed by atoms with E-state index in [1.807, 2.05) is 30.3 Å². The zero-order valence-corrected chi connectivity index (χ0v) is 13.3. The number of sulfone groups is 1. The summed E-state index contributed by atoms with van der Waals surface area (Å²) in [7, 11) is -3.25. The van der Waals surface area contributed by atoms with E-state index >= 15 is 0 Å². The van der Waals surface area contributed by atoms with Crippen molar-refractivity contribution < 1.29 is 17.9 Å². The average Bonchev–Trinajstić information content (AvgIpc) is 2.45. The van der Waals surface area contributed by atoms with Gasteiger partial charge in [0.2, 0.25) is 0 Å². The predicted octanol–water partition coefficient (Wildman–Crippen LogP) is 3.20. The molecule has 0 fully saturated rings. The number of rotatable bonds is 6. The molecule has 0 N–H and O–H groups in total. The molecule has 0 bridgehead atoms. The van der Waals surface area contributed by atoms with Crippen molar-refractivity contribution >= 4 is 15.6 Å². The number of ketones is 1. The number of hydrogen-bond donors (Lipinski definition) is 0. The molecule has 22 heavy (non-hydrogen) atoms. The Morgan fingerprint density at radius 3 is 2.27 bits per heavy atom. The number of hydrogen-bond acceptors (Lipinski definition) is 4. The third-order valence-corrected chi connectivity index (χ3v) is 4.14. The van der Waals surface area contributed by atoms with Crippen LogP contribution in [0.15, 0.2) is 54.6 Å². The first-order valence-corrected chi connectivity index (χ1v) is 8.92. The molecule has 0 heterocycles. The van der Waals surface area contributed by atoms with E-state index in [-0.39, 0.29) is 11.5 Å². The van der Waals surface area contributed by atoms with Gasteiger partial charge in [-0.3, -0.25) is 4.79 Å². The lowest BCUT2D eigenvalue weighted by atomic mass is 9.97. The fourth-order valence-electron chi connectivity index (χ4n) is 2.17. The second-order valence-corrected chi connectivity index (χ2v) is 7.43. The second-order valence-electron chi connectivity index (χ2n) is 5.24. The highest BCUT2D eigenvalue weighted by Crippen LogP contribution is 2.26. The number of benzene rings is 2. The topological polar surface area (TPSA) is 60.4 Å². The largest absolute Gasteiger partial charge is 0.457 e. The van der Waals surface area contributed by atoms with Gasteiger partial charge in [0.05, 0.1) is 11.7 Å². The number of para-hydroxylation sites is 1. The Bertz CT molecular complexity index is 751. The van der Waals surface area contributed by atoms with Crippen LogP contribution in [-0.2, 0) is 14.6 Å². The molecule has 5 heteroatoms. The number of ether oxygens (including phenoxy) is 1. The second kappa shape index (κ2) is 6.75. The van der Waals surface area contributed by atoms with Gasteiger partial charge in [-0.15, -0.1) is 0 Å². The van der Waals surface area contributed by atoms with Crippen molar-refractivity contribution in [2.75, 3.05) is 12.0 Å². The SMILES string of the molecule is CC(=O)C(CS(C)(=O)=O)c1cccc(Oc2ccccc2)c1. The van der Waals surface area contributed by atoms with Crippen LogP contribution in [0.2, 0.25) is 0 Å². The van der Waals surface area contributed by atoms with Crippen molar-refractivity contribution in [1.29, 1.82) is 0 Å². The van der Waals surface area contributed by atoms with Gasteiger partial charge in [0, 0.05) is 6.26 Å². The minimum atomic E-state index is -3.25. The summed E-state index contributed by atoms with van der Waals surface area (Å²) in [5.41, 5.74) is 0.645. The van der Waals surface area contributed by atoms with Gasteiger partial charge in [0.15, 0.2) is 0 Å². The minimum absolute atomic E-state index is 0.178. The molecule has 0 aliphatic rings. The molecule has 2 rings (SSSR count). The first kappa shape index (κ1) is 16.2. The molecule has 0 saturated heterocycles. The Morgan fingerprint density at radius 1 is 1.05 bits per heavy atom. The molecule has 0 aliphatic heterocycles. The third-order valence-electron chi connectivity index (χ3n) is 3.20. The lowest BCUT2D eigenvalue weighted by molar-refractivity contribution is -0.118. The van der Waals surface area contributed by atoms with E-state index in [0.29, 0.717) is 17.1 Å². The molecule has 2 aromatic rings. The molecule has 0 amide bonds. The van der Waals surface area contributed by atoms with Crippen LogP contribution >= 0.6 is 0 Å². The lowest BCUT2D eigenvalue weighted by Crippen LogP contribution is -2.19. The van der Waals surface area contributed by atoms with E-state index in [4.69, 9.17) is 4.74 Å². The van der Waals surface area contributed by atoms with Crippen molar-refractivity contribution in [2.24, 2.45) is 0 Å². The highest BCUT2D eigenvalue weighted by Gasteiger charge is 2.22. The molecule has 1 atom stereocenters. The van der Waals surface area contributed by atoms with Crippen molar-refractivity contribution in [1.82, 2.24) is 0 Å². The molecule has 1 unspecified atom stereocenters. The molecular weight excluding hydrogens is 300 g/mol. The average molecular weight is 318 g/mol. The summed E-state index contributed by atoms with van der Waals surface area (Å²) in [4.78, 5) is 11.8. The van der Waals surface area contributed by atoms with Gasteiger partial charge >= 0.3 is 0 Å². The number of carbonyl (C=O) groups is 1. The van der Waals surface area contributed by atoms with Crippen LogP contribution in [0, 0.1) is 0 Å². The molecule has 116 valence electrons. The number of carbonyl (C=O) groups excluding carboxylic acids is 1. The van der Waals surface area contributed by atoms with Gasteiger partial charge < -0.3 is 4.74 Å². The van der Waals surface area contributed by atoms with Gasteiger partial charge in [-0.25, -0.2) is 8.42 Å². The molecule has 2 aromatic carbocycles. The van der Waals surface area contributed by atoms with E-state index in [9.17, 15) is 13.2 Å². The highest BCUT2D eigenvalue weighted by atomic mass is 32.2. The zero-order chi connectivity index (χ0) is 16.2. The summed E-state index contributed by atoms with van der Waals surface area (Å²) >= 11 is 0. The third kappa shape index (κ3) is 4.70. The van der Waals surface area contributed by atoms with Gasteiger partial charge in [-0.05, 0) is 36.8 Å². The Morgan fingerprint density at radius 2 is 1.68 bits per heavy atom. The maximum absolute atomic E-state index is 11.8. The zero-order valence-electron chi connectivity index (χ0n) is 12.5. The molecule has 0 radical (unpaired) electrons. The smallest absolute Gasteiger partial charge is 0.148 e. The van der Waals surface area contributed by atoms with Crippen LogP contribution in [0.3, 0.4) is 0 Å². The summed E-state index contributed by atoms with van der Waals surface area (Å²) in [6.45, 7) is 1.40. The summed E-state index contributed by atoms with van der Waals surface area (Å²) < 4.78 is 28.7. The van der Waals surface area contributed by atoms with E-state index in [2.05, 4.69) is 0 Å². The van der Waals surface area contributed by atoms with Crippen molar-refractivity contribution in [3.05, 3.63) is 60.2 Å². The van der Waals surface area contributed by atoms with Gasteiger partial charge in [-0.2, -0.15) is 0 Å². The minimum Gasteiger partial charge on any atom is -0.457 e. The van der Waals surface area contributed by atoms with E-state index < -0.39 is 15.8 Å². The van der Waals surface area contributed by atoms with Crippen LogP contribution in [0.5, 0.6) is 11.5 Å². The van der Waals surface area contributed by atoms with E-state index in [0.717, 1.165) is 6.26 Å². The first-order valence-electron chi connectivity index (χ1n) is 6.86. The van der Waals surface area contributed by atoms with Crippen molar-refractivity contribution in [3.63, 3.8) is 0 Å². The van der Waals surface area contributed by atoms with Crippen molar-refractivity contribution in [3.8, 4) is 11.5 Å². The Balaban J connectivity index is 2.27. The van der Waals surface area contributed by atoms with Crippen LogP contribution < -0.4 is 4.74 Å². The van der Waals surface area contributed by atoms with Crippen molar-refractivity contribution in [2.45, 2.75) is 12.8 Å². The van der Waals surface area contributed by atoms with Gasteiger partial charge in [-0.1, -0.05) is 30.3 Å². The summed E-state index contributed by atoms with van der Waals surface area (Å²) in [6.07, 6.45) is 1.13. The monoisotopic (exact) mass is 318 g/mol. The lowest BCUT2D eigenvalue weighted by Gasteiger charge is -2.14. The molecular formula is C17H18O4S. The molecule has 0 aliphatic carbocycles. The van der Waals surface area contributed by atoms with Crippen LogP contribution in [-0.4, -0.2) is 26.2 Å². The maximum Gasteiger partial charge on any atom is 0.148 e. The maximum atomic E-state index is 11.8. The summed E-state index contributed by atoms with van der Waals surface area (Å²) in [5.74, 6) is 0.208. The van der Waals surface area contributed by atoms with Crippen LogP contribution in [0.4, 0.5) is 0 Å². The molecule has 0 spiro atoms. The predicted molar refractivity (Wildman–Crippen MR) is 86.1 cm³/mol. The normalized spacial score (nSPS) is 12.6.